The van der Waals surface area contributed by atoms with Gasteiger partial charge < -0.3 is 10.1 Å². The fourth-order valence-corrected chi connectivity index (χ4v) is 4.30. The highest BCUT2D eigenvalue weighted by atomic mass is 35.5. The van der Waals surface area contributed by atoms with Crippen LogP contribution in [0.25, 0.3) is 0 Å². The number of hydrogen-bond donors (Lipinski definition) is 1. The van der Waals surface area contributed by atoms with Crippen molar-refractivity contribution in [1.82, 2.24) is 5.32 Å². The lowest BCUT2D eigenvalue weighted by molar-refractivity contribution is 0.0937. The van der Waals surface area contributed by atoms with Gasteiger partial charge in [0.25, 0.3) is 5.91 Å². The van der Waals surface area contributed by atoms with E-state index in [-0.39, 0.29) is 5.91 Å². The number of nitrogens with zero attached hydrogens (tertiary/aromatic N) is 1. The lowest BCUT2D eigenvalue weighted by Gasteiger charge is -2.09. The highest BCUT2D eigenvalue weighted by Crippen LogP contribution is 2.41. The first-order valence-corrected chi connectivity index (χ1v) is 10.4. The molecule has 3 aromatic carbocycles. The van der Waals surface area contributed by atoms with Gasteiger partial charge in [0.1, 0.15) is 0 Å². The fourth-order valence-electron chi connectivity index (χ4n) is 3.11. The molecule has 4 nitrogen and oxygen atoms in total. The van der Waals surface area contributed by atoms with E-state index in [4.69, 9.17) is 21.3 Å². The van der Waals surface area contributed by atoms with Gasteiger partial charge in [-0.05, 0) is 36.4 Å². The van der Waals surface area contributed by atoms with Crippen molar-refractivity contribution in [3.8, 4) is 0 Å². The van der Waals surface area contributed by atoms with Crippen molar-refractivity contribution in [2.75, 3.05) is 20.3 Å². The predicted octanol–water partition coefficient (Wildman–Crippen LogP) is 5.35. The molecular formula is C23H19ClN2O2S. The Bertz CT molecular complexity index is 1100. The Morgan fingerprint density at radius 2 is 1.93 bits per heavy atom. The zero-order valence-electron chi connectivity index (χ0n) is 15.8. The third-order valence-corrected chi connectivity index (χ3v) is 5.88. The van der Waals surface area contributed by atoms with E-state index in [1.54, 1.807) is 18.9 Å². The topological polar surface area (TPSA) is 50.7 Å². The average molecular weight is 423 g/mol. The molecule has 0 fully saturated rings. The van der Waals surface area contributed by atoms with Crippen LogP contribution in [-0.4, -0.2) is 31.9 Å². The highest BCUT2D eigenvalue weighted by molar-refractivity contribution is 7.99. The molecule has 3 aromatic rings. The molecular weight excluding hydrogens is 404 g/mol. The summed E-state index contributed by atoms with van der Waals surface area (Å²) in [4.78, 5) is 19.5. The Labute approximate surface area is 179 Å². The minimum Gasteiger partial charge on any atom is -0.383 e. The molecule has 0 spiro atoms. The zero-order valence-corrected chi connectivity index (χ0v) is 17.4. The molecule has 0 unspecified atom stereocenters. The summed E-state index contributed by atoms with van der Waals surface area (Å²) in [6, 6.07) is 21.5. The molecule has 0 saturated carbocycles. The lowest BCUT2D eigenvalue weighted by Crippen LogP contribution is -2.26. The Morgan fingerprint density at radius 3 is 2.76 bits per heavy atom. The Hall–Kier alpha value is -2.60. The van der Waals surface area contributed by atoms with Crippen molar-refractivity contribution in [2.24, 2.45) is 4.99 Å². The number of ether oxygens (including phenoxy) is 1. The molecule has 0 aromatic heterocycles. The third kappa shape index (κ3) is 4.37. The van der Waals surface area contributed by atoms with Crippen molar-refractivity contribution in [2.45, 2.75) is 9.79 Å². The van der Waals surface area contributed by atoms with Gasteiger partial charge in [0.15, 0.2) is 0 Å². The van der Waals surface area contributed by atoms with E-state index < -0.39 is 0 Å². The maximum atomic E-state index is 12.5. The monoisotopic (exact) mass is 422 g/mol. The normalized spacial score (nSPS) is 12.4. The largest absolute Gasteiger partial charge is 0.383 e. The number of aliphatic imine (C=N–C) groups is 1. The van der Waals surface area contributed by atoms with Gasteiger partial charge >= 0.3 is 0 Å². The van der Waals surface area contributed by atoms with E-state index in [2.05, 4.69) is 17.4 Å². The molecule has 1 amide bonds. The van der Waals surface area contributed by atoms with E-state index in [9.17, 15) is 4.79 Å². The van der Waals surface area contributed by atoms with Gasteiger partial charge in [-0.15, -0.1) is 0 Å². The maximum Gasteiger partial charge on any atom is 0.251 e. The first kappa shape index (κ1) is 19.7. The summed E-state index contributed by atoms with van der Waals surface area (Å²) in [5.41, 5.74) is 4.16. The van der Waals surface area contributed by atoms with Crippen molar-refractivity contribution in [3.63, 3.8) is 0 Å². The standard InChI is InChI=1S/C23H19ClN2O2S/c1-28-12-11-25-23(27)16-9-10-21-19(14-16)26-22(15-5-4-6-17(24)13-15)18-7-2-3-8-20(18)29-21/h2-10,13-14H,11-12H2,1H3,(H,25,27). The number of halogens is 1. The van der Waals surface area contributed by atoms with Crippen LogP contribution in [-0.2, 0) is 4.74 Å². The lowest BCUT2D eigenvalue weighted by atomic mass is 10.0. The molecule has 0 aliphatic carbocycles. The van der Waals surface area contributed by atoms with Gasteiger partial charge in [-0.3, -0.25) is 4.79 Å². The van der Waals surface area contributed by atoms with Gasteiger partial charge in [0.2, 0.25) is 0 Å². The summed E-state index contributed by atoms with van der Waals surface area (Å²) in [7, 11) is 1.61. The van der Waals surface area contributed by atoms with Crippen molar-refractivity contribution in [1.29, 1.82) is 0 Å². The number of carbonyl (C=O) groups excluding carboxylic acids is 1. The second kappa shape index (κ2) is 8.82. The number of carbonyl (C=O) groups is 1. The summed E-state index contributed by atoms with van der Waals surface area (Å²) in [6.07, 6.45) is 0. The Kier molecular flexibility index (Phi) is 6.00. The van der Waals surface area contributed by atoms with Crippen LogP contribution in [0, 0.1) is 0 Å². The second-order valence-electron chi connectivity index (χ2n) is 6.50. The van der Waals surface area contributed by atoms with Crippen LogP contribution < -0.4 is 5.32 Å². The molecule has 0 bridgehead atoms. The van der Waals surface area contributed by atoms with E-state index in [1.807, 2.05) is 54.6 Å². The molecule has 146 valence electrons. The Balaban J connectivity index is 1.79. The fraction of sp³-hybridized carbons (Fsp3) is 0.130. The first-order valence-electron chi connectivity index (χ1n) is 9.19. The van der Waals surface area contributed by atoms with Gasteiger partial charge in [0, 0.05) is 45.2 Å². The number of benzene rings is 3. The maximum absolute atomic E-state index is 12.5. The number of methoxy groups -OCH3 is 1. The van der Waals surface area contributed by atoms with Gasteiger partial charge in [0.05, 0.1) is 18.0 Å². The number of hydrogen-bond acceptors (Lipinski definition) is 4. The van der Waals surface area contributed by atoms with Gasteiger partial charge in [-0.1, -0.05) is 53.7 Å². The molecule has 4 rings (SSSR count). The van der Waals surface area contributed by atoms with Gasteiger partial charge in [-0.2, -0.15) is 0 Å². The molecule has 29 heavy (non-hydrogen) atoms. The summed E-state index contributed by atoms with van der Waals surface area (Å²) >= 11 is 7.88. The van der Waals surface area contributed by atoms with E-state index >= 15 is 0 Å². The molecule has 1 N–H and O–H groups in total. The number of fused-ring (bicyclic) bond motifs is 2. The molecule has 0 atom stereocenters. The SMILES string of the molecule is COCCNC(=O)c1ccc2c(c1)N=C(c1cccc(Cl)c1)c1ccccc1S2. The van der Waals surface area contributed by atoms with Crippen LogP contribution >= 0.6 is 23.4 Å². The summed E-state index contributed by atoms with van der Waals surface area (Å²) in [6.45, 7) is 0.933. The van der Waals surface area contributed by atoms with Crippen LogP contribution in [0.4, 0.5) is 5.69 Å². The van der Waals surface area contributed by atoms with Crippen molar-refractivity contribution in [3.05, 3.63) is 88.4 Å². The van der Waals surface area contributed by atoms with Crippen LogP contribution in [0.3, 0.4) is 0 Å². The molecule has 0 radical (unpaired) electrons. The second-order valence-corrected chi connectivity index (χ2v) is 8.02. The summed E-state index contributed by atoms with van der Waals surface area (Å²) in [5, 5.41) is 3.51. The third-order valence-electron chi connectivity index (χ3n) is 4.51. The number of nitrogens with one attached hydrogen (secondary N) is 1. The van der Waals surface area contributed by atoms with Crippen LogP contribution in [0.2, 0.25) is 5.02 Å². The molecule has 0 saturated heterocycles. The van der Waals surface area contributed by atoms with E-state index in [0.29, 0.717) is 23.7 Å². The van der Waals surface area contributed by atoms with Crippen LogP contribution in [0.15, 0.2) is 81.5 Å². The number of amides is 1. The molecule has 1 heterocycles. The quantitative estimate of drug-likeness (QED) is 0.441. The van der Waals surface area contributed by atoms with Gasteiger partial charge in [-0.25, -0.2) is 4.99 Å². The summed E-state index contributed by atoms with van der Waals surface area (Å²) in [5.74, 6) is -0.142. The predicted molar refractivity (Wildman–Crippen MR) is 118 cm³/mol. The smallest absolute Gasteiger partial charge is 0.251 e. The highest BCUT2D eigenvalue weighted by Gasteiger charge is 2.20. The van der Waals surface area contributed by atoms with Crippen molar-refractivity contribution >= 4 is 40.7 Å². The molecule has 1 aliphatic heterocycles. The minimum absolute atomic E-state index is 0.142. The average Bonchev–Trinajstić information content (AvgIpc) is 2.90. The van der Waals surface area contributed by atoms with E-state index in [0.717, 1.165) is 32.3 Å². The van der Waals surface area contributed by atoms with E-state index in [1.165, 1.54) is 0 Å². The number of rotatable bonds is 5. The van der Waals surface area contributed by atoms with Crippen molar-refractivity contribution < 1.29 is 9.53 Å². The molecule has 1 aliphatic rings. The summed E-state index contributed by atoms with van der Waals surface area (Å²) < 4.78 is 4.99. The zero-order chi connectivity index (χ0) is 20.2. The minimum atomic E-state index is -0.142. The van der Waals surface area contributed by atoms with Crippen LogP contribution in [0.5, 0.6) is 0 Å². The Morgan fingerprint density at radius 1 is 1.07 bits per heavy atom. The van der Waals surface area contributed by atoms with Crippen LogP contribution in [0.1, 0.15) is 21.5 Å². The molecule has 6 heteroatoms. The first-order chi connectivity index (χ1) is 14.2.